The number of rotatable bonds is 8. The molecule has 224 valence electrons. The van der Waals surface area contributed by atoms with Gasteiger partial charge in [0.25, 0.3) is 0 Å². The van der Waals surface area contributed by atoms with Crippen molar-refractivity contribution in [2.75, 3.05) is 23.3 Å². The van der Waals surface area contributed by atoms with Gasteiger partial charge in [-0.2, -0.15) is 0 Å². The van der Waals surface area contributed by atoms with Gasteiger partial charge in [0.15, 0.2) is 6.10 Å². The molecule has 1 aliphatic heterocycles. The topological polar surface area (TPSA) is 101 Å². The first-order valence-corrected chi connectivity index (χ1v) is 14.5. The average molecular weight is 574 g/mol. The van der Waals surface area contributed by atoms with Crippen molar-refractivity contribution in [1.29, 1.82) is 0 Å². The van der Waals surface area contributed by atoms with Crippen LogP contribution >= 0.6 is 0 Å². The first kappa shape index (κ1) is 31.0. The second-order valence-corrected chi connectivity index (χ2v) is 12.8. The van der Waals surface area contributed by atoms with E-state index in [0.717, 1.165) is 54.0 Å². The van der Waals surface area contributed by atoms with Gasteiger partial charge in [-0.1, -0.05) is 56.3 Å². The van der Waals surface area contributed by atoms with Crippen molar-refractivity contribution in [2.24, 2.45) is 5.41 Å². The molecule has 1 unspecified atom stereocenters. The van der Waals surface area contributed by atoms with Crippen LogP contribution in [-0.2, 0) is 20.9 Å². The molecule has 0 bridgehead atoms. The van der Waals surface area contributed by atoms with Crippen LogP contribution in [0.3, 0.4) is 0 Å². The van der Waals surface area contributed by atoms with Gasteiger partial charge in [-0.3, -0.25) is 10.3 Å². The van der Waals surface area contributed by atoms with Gasteiger partial charge in [0.05, 0.1) is 11.3 Å². The van der Waals surface area contributed by atoms with Gasteiger partial charge in [-0.15, -0.1) is 0 Å². The van der Waals surface area contributed by atoms with Gasteiger partial charge >= 0.3 is 12.1 Å². The number of hydrogen-bond donors (Lipinski definition) is 2. The lowest BCUT2D eigenvalue weighted by molar-refractivity contribution is -0.160. The van der Waals surface area contributed by atoms with Crippen molar-refractivity contribution in [1.82, 2.24) is 4.98 Å². The smallest absolute Gasteiger partial charge is 0.411 e. The van der Waals surface area contributed by atoms with Crippen molar-refractivity contribution in [3.8, 4) is 11.1 Å². The molecular formula is C34H43N3O5. The summed E-state index contributed by atoms with van der Waals surface area (Å²) in [4.78, 5) is 32.2. The third-order valence-corrected chi connectivity index (χ3v) is 7.60. The highest BCUT2D eigenvalue weighted by molar-refractivity contribution is 5.89. The molecule has 4 rings (SSSR count). The van der Waals surface area contributed by atoms with E-state index in [4.69, 9.17) is 14.5 Å². The molecule has 0 saturated carbocycles. The minimum Gasteiger partial charge on any atom is -0.479 e. The molecule has 0 spiro atoms. The quantitative estimate of drug-likeness (QED) is 0.285. The molecule has 42 heavy (non-hydrogen) atoms. The Kier molecular flexibility index (Phi) is 9.26. The van der Waals surface area contributed by atoms with E-state index < -0.39 is 23.8 Å². The Morgan fingerprint density at radius 2 is 1.62 bits per heavy atom. The van der Waals surface area contributed by atoms with Crippen molar-refractivity contribution in [3.05, 3.63) is 77.1 Å². The number of carboxylic acids is 1. The number of benzene rings is 2. The Labute approximate surface area is 249 Å². The summed E-state index contributed by atoms with van der Waals surface area (Å²) in [5.74, 6) is -1.04. The van der Waals surface area contributed by atoms with Crippen LogP contribution in [0.15, 0.2) is 54.6 Å². The van der Waals surface area contributed by atoms with Crippen LogP contribution < -0.4 is 10.2 Å². The normalized spacial score (nSPS) is 15.6. The van der Waals surface area contributed by atoms with Crippen molar-refractivity contribution >= 4 is 23.4 Å². The summed E-state index contributed by atoms with van der Waals surface area (Å²) >= 11 is 0. The summed E-state index contributed by atoms with van der Waals surface area (Å²) in [6, 6.07) is 17.0. The Bertz CT molecular complexity index is 1400. The van der Waals surface area contributed by atoms with E-state index in [1.165, 1.54) is 0 Å². The monoisotopic (exact) mass is 573 g/mol. The molecule has 0 radical (unpaired) electrons. The van der Waals surface area contributed by atoms with E-state index in [9.17, 15) is 14.7 Å². The maximum Gasteiger partial charge on any atom is 0.411 e. The summed E-state index contributed by atoms with van der Waals surface area (Å²) in [5, 5.41) is 13.2. The maximum absolute atomic E-state index is 12.7. The van der Waals surface area contributed by atoms with Crippen molar-refractivity contribution in [2.45, 2.75) is 79.6 Å². The molecule has 3 aromatic rings. The predicted molar refractivity (Wildman–Crippen MR) is 166 cm³/mol. The first-order chi connectivity index (χ1) is 19.7. The van der Waals surface area contributed by atoms with Crippen LogP contribution in [0.2, 0.25) is 0 Å². The Hall–Kier alpha value is -3.91. The summed E-state index contributed by atoms with van der Waals surface area (Å²) in [5.41, 5.74) is 5.68. The van der Waals surface area contributed by atoms with Crippen molar-refractivity contribution < 1.29 is 24.2 Å². The fraction of sp³-hybridized carbons (Fsp3) is 0.441. The number of aliphatic carboxylic acids is 1. The van der Waals surface area contributed by atoms with E-state index in [1.54, 1.807) is 0 Å². The van der Waals surface area contributed by atoms with Crippen LogP contribution in [0.5, 0.6) is 0 Å². The number of aryl methyl sites for hydroxylation is 2. The van der Waals surface area contributed by atoms with Gasteiger partial charge in [-0.05, 0) is 76.1 Å². The number of hydrogen-bond acceptors (Lipinski definition) is 6. The van der Waals surface area contributed by atoms with E-state index >= 15 is 0 Å². The minimum atomic E-state index is -1.18. The number of carbonyl (C=O) groups is 2. The molecule has 1 aliphatic rings. The van der Waals surface area contributed by atoms with Crippen molar-refractivity contribution in [3.63, 3.8) is 0 Å². The summed E-state index contributed by atoms with van der Waals surface area (Å²) in [6.07, 6.45) is 0.250. The largest absolute Gasteiger partial charge is 0.479 e. The zero-order chi connectivity index (χ0) is 30.7. The minimum absolute atomic E-state index is 0.180. The Morgan fingerprint density at radius 3 is 2.19 bits per heavy atom. The lowest BCUT2D eigenvalue weighted by Crippen LogP contribution is -2.39. The average Bonchev–Trinajstić information content (AvgIpc) is 2.91. The molecule has 1 atom stereocenters. The highest BCUT2D eigenvalue weighted by Gasteiger charge is 2.36. The lowest BCUT2D eigenvalue weighted by atomic mass is 9.82. The first-order valence-electron chi connectivity index (χ1n) is 14.5. The van der Waals surface area contributed by atoms with Crippen LogP contribution in [0.1, 0.15) is 76.1 Å². The number of anilines is 2. The van der Waals surface area contributed by atoms with Gasteiger partial charge in [0, 0.05) is 41.3 Å². The summed E-state index contributed by atoms with van der Waals surface area (Å²) in [7, 11) is 0. The second kappa shape index (κ2) is 12.5. The van der Waals surface area contributed by atoms with Gasteiger partial charge < -0.3 is 19.5 Å². The van der Waals surface area contributed by atoms with Crippen LogP contribution in [0.25, 0.3) is 11.1 Å². The third-order valence-electron chi connectivity index (χ3n) is 7.60. The van der Waals surface area contributed by atoms with E-state index in [0.29, 0.717) is 16.9 Å². The number of aromatic nitrogens is 1. The van der Waals surface area contributed by atoms with Gasteiger partial charge in [0.1, 0.15) is 6.61 Å². The highest BCUT2D eigenvalue weighted by atomic mass is 16.5. The molecule has 1 amide bonds. The standard InChI is InChI=1S/C34H43N3O5/c1-22-27(25-13-15-26(16-14-25)36-32(40)41-21-24-11-9-8-10-12-24)29(37-19-17-34(6,7)18-20-37)28(23(2)35-22)30(31(38)39)42-33(3,4)5/h8-16,30H,17-21H2,1-7H3,(H,36,40)(H,38,39). The SMILES string of the molecule is Cc1nc(C)c(C(OC(C)(C)C)C(=O)O)c(N2CCC(C)(C)CC2)c1-c1ccc(NC(=O)OCc2ccccc2)cc1. The molecule has 0 aliphatic carbocycles. The van der Waals surface area contributed by atoms with Crippen LogP contribution in [-0.4, -0.2) is 40.8 Å². The number of amides is 1. The highest BCUT2D eigenvalue weighted by Crippen LogP contribution is 2.45. The zero-order valence-electron chi connectivity index (χ0n) is 25.8. The molecule has 8 nitrogen and oxygen atoms in total. The van der Waals surface area contributed by atoms with E-state index in [-0.39, 0.29) is 12.0 Å². The number of ether oxygens (including phenoxy) is 2. The number of piperidine rings is 1. The molecule has 8 heteroatoms. The third kappa shape index (κ3) is 7.68. The fourth-order valence-corrected chi connectivity index (χ4v) is 5.35. The summed E-state index contributed by atoms with van der Waals surface area (Å²) < 4.78 is 11.5. The van der Waals surface area contributed by atoms with E-state index in [1.807, 2.05) is 89.2 Å². The number of nitrogens with zero attached hydrogens (tertiary/aromatic N) is 2. The Balaban J connectivity index is 1.71. The molecular weight excluding hydrogens is 530 g/mol. The Morgan fingerprint density at radius 1 is 1.00 bits per heavy atom. The van der Waals surface area contributed by atoms with Crippen LogP contribution in [0.4, 0.5) is 16.2 Å². The number of pyridine rings is 1. The molecule has 1 fully saturated rings. The molecule has 2 N–H and O–H groups in total. The number of carbonyl (C=O) groups excluding carboxylic acids is 1. The van der Waals surface area contributed by atoms with E-state index in [2.05, 4.69) is 24.1 Å². The van der Waals surface area contributed by atoms with Gasteiger partial charge in [0.2, 0.25) is 0 Å². The maximum atomic E-state index is 12.7. The number of nitrogens with one attached hydrogen (secondary N) is 1. The summed E-state index contributed by atoms with van der Waals surface area (Å²) in [6.45, 7) is 15.7. The second-order valence-electron chi connectivity index (χ2n) is 12.8. The molecule has 2 aromatic carbocycles. The fourth-order valence-electron chi connectivity index (χ4n) is 5.35. The molecule has 1 saturated heterocycles. The molecule has 1 aromatic heterocycles. The zero-order valence-corrected chi connectivity index (χ0v) is 25.8. The van der Waals surface area contributed by atoms with Gasteiger partial charge in [-0.25, -0.2) is 9.59 Å². The number of carboxylic acid groups (broad SMARTS) is 1. The molecule has 2 heterocycles. The lowest BCUT2D eigenvalue weighted by Gasteiger charge is -2.41. The predicted octanol–water partition coefficient (Wildman–Crippen LogP) is 7.68. The van der Waals surface area contributed by atoms with Crippen LogP contribution in [0, 0.1) is 19.3 Å².